The summed E-state index contributed by atoms with van der Waals surface area (Å²) in [6.45, 7) is 7.44. The Kier molecular flexibility index (Phi) is 19.1. The van der Waals surface area contributed by atoms with Gasteiger partial charge in [-0.25, -0.2) is 0 Å². The van der Waals surface area contributed by atoms with Crippen LogP contribution in [0.25, 0.3) is 0 Å². The predicted octanol–water partition coefficient (Wildman–Crippen LogP) is -1.94. The number of carbonyl (C=O) groups is 6. The highest BCUT2D eigenvalue weighted by molar-refractivity contribution is 6.07. The third-order valence-corrected chi connectivity index (χ3v) is 8.10. The number of nitrogens with two attached hydrogens (primary N) is 4. The largest absolute Gasteiger partial charge is 0.370 e. The summed E-state index contributed by atoms with van der Waals surface area (Å²) in [6.07, 6.45) is 0.811. The van der Waals surface area contributed by atoms with Crippen LogP contribution in [-0.2, 0) is 28.8 Å². The molecule has 0 aliphatic heterocycles. The molecule has 0 aliphatic rings. The van der Waals surface area contributed by atoms with Gasteiger partial charge in [-0.15, -0.1) is 0 Å². The van der Waals surface area contributed by atoms with Crippen LogP contribution in [0.15, 0.2) is 18.2 Å². The Bertz CT molecular complexity index is 1590. The lowest BCUT2D eigenvalue weighted by Gasteiger charge is -2.34. The van der Waals surface area contributed by atoms with Crippen LogP contribution in [0.3, 0.4) is 0 Å². The standard InChI is InChI=1S/C32H53N13O10/c1-6-8-22(42-28(48)17(4)39-29(49)20(34)13-16(2)3)31(51)43(23-11-10-19(44(52)53)14-24(23)45(54)55)25(15-33)30(50)40-18(5)27(47)41-21(26(35)46)9-7-12-38-32(36)37/h10-11,14,16-18,20-22,25H,6-9,12-13,15,33-34H2,1-5H3,(H2,35,46)(H,39,49)(H,40,50)(H,41,47)(H,42,48)(H4,36,37,38)/t17-,18-,20-,21-,22-,25-/m0/s1. The molecule has 1 aromatic rings. The predicted molar refractivity (Wildman–Crippen MR) is 200 cm³/mol. The van der Waals surface area contributed by atoms with Crippen molar-refractivity contribution in [3.63, 3.8) is 0 Å². The topological polar surface area (TPSA) is 380 Å². The second-order valence-corrected chi connectivity index (χ2v) is 13.1. The van der Waals surface area contributed by atoms with E-state index in [0.717, 1.165) is 12.1 Å². The van der Waals surface area contributed by atoms with E-state index in [-0.39, 0.29) is 44.1 Å². The summed E-state index contributed by atoms with van der Waals surface area (Å²) in [5.74, 6) is -5.65. The molecular formula is C32H53N13O10. The molecule has 0 aromatic heterocycles. The average Bonchev–Trinajstić information content (AvgIpc) is 3.10. The van der Waals surface area contributed by atoms with E-state index in [0.29, 0.717) is 17.4 Å². The Morgan fingerprint density at radius 2 is 1.40 bits per heavy atom. The number of guanidine groups is 1. The first-order valence-electron chi connectivity index (χ1n) is 17.5. The van der Waals surface area contributed by atoms with E-state index in [2.05, 4.69) is 26.6 Å². The Labute approximate surface area is 317 Å². The molecular weight excluding hydrogens is 726 g/mol. The highest BCUT2D eigenvalue weighted by Crippen LogP contribution is 2.34. The van der Waals surface area contributed by atoms with Crippen LogP contribution < -0.4 is 54.4 Å². The van der Waals surface area contributed by atoms with Gasteiger partial charge in [-0.2, -0.15) is 0 Å². The molecule has 0 saturated carbocycles. The molecule has 0 heterocycles. The van der Waals surface area contributed by atoms with Crippen LogP contribution in [0.5, 0.6) is 0 Å². The molecule has 0 saturated heterocycles. The average molecular weight is 780 g/mol. The summed E-state index contributed by atoms with van der Waals surface area (Å²) in [5, 5.41) is 43.2. The van der Waals surface area contributed by atoms with Crippen molar-refractivity contribution >= 4 is 58.5 Å². The van der Waals surface area contributed by atoms with E-state index in [1.54, 1.807) is 6.92 Å². The van der Waals surface area contributed by atoms with Crippen molar-refractivity contribution in [2.24, 2.45) is 28.9 Å². The summed E-state index contributed by atoms with van der Waals surface area (Å²) in [4.78, 5) is 102. The van der Waals surface area contributed by atoms with Crippen molar-refractivity contribution in [3.8, 4) is 0 Å². The summed E-state index contributed by atoms with van der Waals surface area (Å²) in [5.41, 5.74) is 20.3. The SMILES string of the molecule is CCC[C@H](NC(=O)[C@H](C)NC(=O)[C@@H](N)CC(C)C)C(=O)N(c1ccc([N+](=O)[O-])cc1[N+](=O)[O-])[C@@H](CN)C(=O)N[C@@H](C)C(=O)N[C@@H](CCCNC(=N)N)C(N)=O. The first kappa shape index (κ1) is 47.1. The molecule has 6 atom stereocenters. The van der Waals surface area contributed by atoms with Gasteiger partial charge in [0.2, 0.25) is 29.5 Å². The number of rotatable bonds is 23. The second kappa shape index (κ2) is 22.3. The van der Waals surface area contributed by atoms with E-state index in [9.17, 15) is 49.0 Å². The van der Waals surface area contributed by atoms with E-state index < -0.39 is 105 Å². The van der Waals surface area contributed by atoms with E-state index in [4.69, 9.17) is 28.3 Å². The third kappa shape index (κ3) is 14.8. The molecule has 23 heteroatoms. The lowest BCUT2D eigenvalue weighted by Crippen LogP contribution is -2.61. The maximum atomic E-state index is 14.4. The number of benzene rings is 1. The first-order valence-corrected chi connectivity index (χ1v) is 17.5. The number of primary amides is 1. The minimum atomic E-state index is -1.81. The Morgan fingerprint density at radius 3 is 1.87 bits per heavy atom. The van der Waals surface area contributed by atoms with Crippen LogP contribution in [0, 0.1) is 31.6 Å². The minimum Gasteiger partial charge on any atom is -0.370 e. The van der Waals surface area contributed by atoms with E-state index in [1.807, 2.05) is 13.8 Å². The number of amides is 6. The Morgan fingerprint density at radius 1 is 0.836 bits per heavy atom. The van der Waals surface area contributed by atoms with Crippen molar-refractivity contribution < 1.29 is 38.6 Å². The monoisotopic (exact) mass is 779 g/mol. The molecule has 306 valence electrons. The molecule has 0 bridgehead atoms. The maximum absolute atomic E-state index is 14.4. The fraction of sp³-hybridized carbons (Fsp3) is 0.594. The Hall–Kier alpha value is -5.97. The van der Waals surface area contributed by atoms with Gasteiger partial charge in [0.1, 0.15) is 35.9 Å². The van der Waals surface area contributed by atoms with Gasteiger partial charge in [-0.3, -0.25) is 59.3 Å². The molecule has 23 nitrogen and oxygen atoms in total. The number of hydrogen-bond donors (Lipinski definition) is 10. The zero-order valence-corrected chi connectivity index (χ0v) is 31.5. The van der Waals surface area contributed by atoms with Crippen molar-refractivity contribution in [1.29, 1.82) is 5.41 Å². The summed E-state index contributed by atoms with van der Waals surface area (Å²) < 4.78 is 0. The van der Waals surface area contributed by atoms with Crippen LogP contribution in [0.2, 0.25) is 0 Å². The van der Waals surface area contributed by atoms with Crippen molar-refractivity contribution in [2.45, 2.75) is 103 Å². The molecule has 55 heavy (non-hydrogen) atoms. The van der Waals surface area contributed by atoms with Gasteiger partial charge in [0.15, 0.2) is 5.96 Å². The van der Waals surface area contributed by atoms with Gasteiger partial charge in [-0.05, 0) is 51.5 Å². The quantitative estimate of drug-likeness (QED) is 0.0190. The molecule has 0 spiro atoms. The van der Waals surface area contributed by atoms with Crippen LogP contribution in [0.1, 0.15) is 66.7 Å². The van der Waals surface area contributed by atoms with Gasteiger partial charge < -0.3 is 49.5 Å². The molecule has 6 amide bonds. The number of hydrogen-bond acceptors (Lipinski definition) is 13. The summed E-state index contributed by atoms with van der Waals surface area (Å²) in [6, 6.07) is -5.69. The van der Waals surface area contributed by atoms with Gasteiger partial charge in [0.25, 0.3) is 17.3 Å². The lowest BCUT2D eigenvalue weighted by molar-refractivity contribution is -0.393. The molecule has 1 aromatic carbocycles. The minimum absolute atomic E-state index is 0.0388. The van der Waals surface area contributed by atoms with E-state index >= 15 is 0 Å². The van der Waals surface area contributed by atoms with Crippen LogP contribution in [-0.4, -0.2) is 101 Å². The Balaban J connectivity index is 3.56. The molecule has 0 unspecified atom stereocenters. The normalized spacial score (nSPS) is 14.2. The number of non-ortho nitro benzene ring substituents is 1. The first-order chi connectivity index (χ1) is 25.7. The number of anilines is 1. The fourth-order valence-corrected chi connectivity index (χ4v) is 5.24. The smallest absolute Gasteiger partial charge is 0.299 e. The van der Waals surface area contributed by atoms with E-state index in [1.165, 1.54) is 13.8 Å². The maximum Gasteiger partial charge on any atom is 0.299 e. The number of nitrogens with zero attached hydrogens (tertiary/aromatic N) is 3. The van der Waals surface area contributed by atoms with Crippen LogP contribution >= 0.6 is 0 Å². The zero-order valence-electron chi connectivity index (χ0n) is 31.5. The number of nitro benzene ring substituents is 2. The third-order valence-electron chi connectivity index (χ3n) is 8.10. The fourth-order valence-electron chi connectivity index (χ4n) is 5.24. The van der Waals surface area contributed by atoms with Crippen LogP contribution in [0.4, 0.5) is 17.1 Å². The summed E-state index contributed by atoms with van der Waals surface area (Å²) >= 11 is 0. The number of carbonyl (C=O) groups excluding carboxylic acids is 6. The van der Waals surface area contributed by atoms with Crippen molar-refractivity contribution in [2.75, 3.05) is 18.0 Å². The highest BCUT2D eigenvalue weighted by Gasteiger charge is 2.40. The molecule has 0 aliphatic carbocycles. The second-order valence-electron chi connectivity index (χ2n) is 13.1. The van der Waals surface area contributed by atoms with Crippen molar-refractivity contribution in [1.82, 2.24) is 26.6 Å². The van der Waals surface area contributed by atoms with Gasteiger partial charge in [-0.1, -0.05) is 27.2 Å². The van der Waals surface area contributed by atoms with Gasteiger partial charge >= 0.3 is 0 Å². The lowest BCUT2D eigenvalue weighted by atomic mass is 10.0. The highest BCUT2D eigenvalue weighted by atomic mass is 16.6. The number of nitro groups is 2. The van der Waals surface area contributed by atoms with Gasteiger partial charge in [0.05, 0.1) is 22.0 Å². The van der Waals surface area contributed by atoms with Gasteiger partial charge in [0, 0.05) is 19.2 Å². The number of nitrogens with one attached hydrogen (secondary N) is 6. The zero-order chi connectivity index (χ0) is 42.2. The molecule has 14 N–H and O–H groups in total. The summed E-state index contributed by atoms with van der Waals surface area (Å²) in [7, 11) is 0. The van der Waals surface area contributed by atoms with Crippen molar-refractivity contribution in [3.05, 3.63) is 38.4 Å². The molecule has 1 rings (SSSR count). The molecule has 0 radical (unpaired) electrons. The molecule has 0 fully saturated rings.